The summed E-state index contributed by atoms with van der Waals surface area (Å²) in [5.74, 6) is -0.495. The molecule has 0 unspecified atom stereocenters. The second-order valence-corrected chi connectivity index (χ2v) is 7.71. The molecule has 0 saturated heterocycles. The van der Waals surface area contributed by atoms with E-state index in [0.29, 0.717) is 29.5 Å². The normalized spacial score (nSPS) is 11.3. The molecular weight excluding hydrogens is 415 g/mol. The monoisotopic (exact) mass is 436 g/mol. The van der Waals surface area contributed by atoms with E-state index < -0.39 is 0 Å². The summed E-state index contributed by atoms with van der Waals surface area (Å²) < 4.78 is 20.9. The Morgan fingerprint density at radius 3 is 3.00 bits per heavy atom. The van der Waals surface area contributed by atoms with Crippen LogP contribution in [0.3, 0.4) is 0 Å². The topological polar surface area (TPSA) is 68.5 Å². The molecule has 0 amide bonds. The predicted molar refractivity (Wildman–Crippen MR) is 121 cm³/mol. The van der Waals surface area contributed by atoms with Gasteiger partial charge in [-0.15, -0.1) is 11.3 Å². The Hall–Kier alpha value is -3.52. The number of hydrogen-bond donors (Lipinski definition) is 1. The first kappa shape index (κ1) is 20.7. The zero-order valence-corrected chi connectivity index (χ0v) is 17.7. The predicted octanol–water partition coefficient (Wildman–Crippen LogP) is 4.84. The van der Waals surface area contributed by atoms with Gasteiger partial charge in [0.2, 0.25) is 5.13 Å². The molecule has 0 atom stereocenters. The summed E-state index contributed by atoms with van der Waals surface area (Å²) in [5.41, 5.74) is 6.14. The number of nitrogens with zero attached hydrogens (tertiary/aromatic N) is 3. The van der Waals surface area contributed by atoms with Crippen LogP contribution in [-0.4, -0.2) is 28.3 Å². The van der Waals surface area contributed by atoms with Crippen molar-refractivity contribution in [2.45, 2.75) is 19.9 Å². The van der Waals surface area contributed by atoms with E-state index in [9.17, 15) is 9.18 Å². The third kappa shape index (κ3) is 5.16. The molecule has 158 valence electrons. The lowest BCUT2D eigenvalue weighted by molar-refractivity contribution is -0.142. The molecule has 0 aliphatic carbocycles. The number of anilines is 1. The van der Waals surface area contributed by atoms with E-state index >= 15 is 0 Å². The largest absolute Gasteiger partial charge is 0.466 e. The zero-order valence-electron chi connectivity index (χ0n) is 16.9. The Kier molecular flexibility index (Phi) is 6.37. The first-order chi connectivity index (χ1) is 15.1. The molecular formula is C23H21FN4O2S. The van der Waals surface area contributed by atoms with Gasteiger partial charge in [0.05, 0.1) is 31.5 Å². The van der Waals surface area contributed by atoms with Crippen molar-refractivity contribution >= 4 is 39.6 Å². The van der Waals surface area contributed by atoms with Crippen LogP contribution in [0, 0.1) is 5.82 Å². The van der Waals surface area contributed by atoms with Gasteiger partial charge in [-0.3, -0.25) is 10.2 Å². The number of ether oxygens (including phenoxy) is 1. The first-order valence-electron chi connectivity index (χ1n) is 9.84. The highest BCUT2D eigenvalue weighted by Gasteiger charge is 2.08. The number of hydrogen-bond acceptors (Lipinski definition) is 6. The van der Waals surface area contributed by atoms with Crippen LogP contribution in [0.5, 0.6) is 0 Å². The Labute approximate surface area is 183 Å². The highest BCUT2D eigenvalue weighted by molar-refractivity contribution is 7.13. The molecule has 2 aromatic heterocycles. The molecule has 4 aromatic rings. The van der Waals surface area contributed by atoms with Crippen molar-refractivity contribution < 1.29 is 13.9 Å². The standard InChI is InChI=1S/C23H21FN4O2S/c1-2-30-22(29)12-19-15-31-23(26-19)27-25-13-16-7-8-21-17(11-16)9-10-28(21)14-18-5-3-4-6-20(18)24/h3-11,13,15H,2,12,14H2,1H3,(H,26,27). The maximum absolute atomic E-state index is 14.0. The lowest BCUT2D eigenvalue weighted by Crippen LogP contribution is -2.07. The molecule has 2 heterocycles. The number of carbonyl (C=O) groups is 1. The first-order valence-corrected chi connectivity index (χ1v) is 10.7. The van der Waals surface area contributed by atoms with Crippen LogP contribution in [0.25, 0.3) is 10.9 Å². The van der Waals surface area contributed by atoms with E-state index in [0.717, 1.165) is 16.5 Å². The molecule has 31 heavy (non-hydrogen) atoms. The molecule has 2 aromatic carbocycles. The third-order valence-corrected chi connectivity index (χ3v) is 5.45. The molecule has 0 aliphatic heterocycles. The van der Waals surface area contributed by atoms with Gasteiger partial charge in [0, 0.05) is 28.0 Å². The molecule has 0 aliphatic rings. The lowest BCUT2D eigenvalue weighted by atomic mass is 10.1. The van der Waals surface area contributed by atoms with Crippen molar-refractivity contribution in [2.24, 2.45) is 5.10 Å². The smallest absolute Gasteiger partial charge is 0.311 e. The van der Waals surface area contributed by atoms with Crippen molar-refractivity contribution in [3.8, 4) is 0 Å². The van der Waals surface area contributed by atoms with Crippen LogP contribution in [0.4, 0.5) is 9.52 Å². The molecule has 0 saturated carbocycles. The van der Waals surface area contributed by atoms with Gasteiger partial charge in [-0.2, -0.15) is 5.10 Å². The summed E-state index contributed by atoms with van der Waals surface area (Å²) in [6.45, 7) is 2.61. The number of aromatic nitrogens is 2. The second-order valence-electron chi connectivity index (χ2n) is 6.85. The number of halogens is 1. The number of rotatable bonds is 8. The van der Waals surface area contributed by atoms with Gasteiger partial charge in [0.25, 0.3) is 0 Å². The van der Waals surface area contributed by atoms with Gasteiger partial charge in [0.1, 0.15) is 5.82 Å². The van der Waals surface area contributed by atoms with Crippen LogP contribution in [-0.2, 0) is 22.5 Å². The van der Waals surface area contributed by atoms with Crippen molar-refractivity contribution in [2.75, 3.05) is 12.0 Å². The fourth-order valence-corrected chi connectivity index (χ4v) is 3.87. The number of nitrogens with one attached hydrogen (secondary N) is 1. The highest BCUT2D eigenvalue weighted by Crippen LogP contribution is 2.20. The molecule has 0 radical (unpaired) electrons. The number of benzene rings is 2. The van der Waals surface area contributed by atoms with Crippen molar-refractivity contribution in [3.63, 3.8) is 0 Å². The summed E-state index contributed by atoms with van der Waals surface area (Å²) in [6, 6.07) is 14.8. The average Bonchev–Trinajstić information content (AvgIpc) is 3.36. The number of hydrazone groups is 1. The summed E-state index contributed by atoms with van der Waals surface area (Å²) >= 11 is 1.37. The fourth-order valence-electron chi connectivity index (χ4n) is 3.21. The van der Waals surface area contributed by atoms with Crippen molar-refractivity contribution in [1.82, 2.24) is 9.55 Å². The minimum atomic E-state index is -0.293. The van der Waals surface area contributed by atoms with Crippen molar-refractivity contribution in [3.05, 3.63) is 82.7 Å². The van der Waals surface area contributed by atoms with Gasteiger partial charge in [-0.25, -0.2) is 9.37 Å². The van der Waals surface area contributed by atoms with Crippen LogP contribution in [0.15, 0.2) is 65.2 Å². The quantitative estimate of drug-likeness (QED) is 0.244. The van der Waals surface area contributed by atoms with E-state index in [1.54, 1.807) is 30.7 Å². The van der Waals surface area contributed by atoms with E-state index in [1.165, 1.54) is 17.4 Å². The zero-order chi connectivity index (χ0) is 21.6. The average molecular weight is 437 g/mol. The lowest BCUT2D eigenvalue weighted by Gasteiger charge is -2.07. The van der Waals surface area contributed by atoms with Gasteiger partial charge in [0.15, 0.2) is 0 Å². The second kappa shape index (κ2) is 9.53. The molecule has 4 rings (SSSR count). The SMILES string of the molecule is CCOC(=O)Cc1csc(NN=Cc2ccc3c(ccn3Cc3ccccc3F)c2)n1. The maximum atomic E-state index is 14.0. The van der Waals surface area contributed by atoms with E-state index in [-0.39, 0.29) is 18.2 Å². The molecule has 0 spiro atoms. The van der Waals surface area contributed by atoms with Gasteiger partial charge >= 0.3 is 5.97 Å². The van der Waals surface area contributed by atoms with Gasteiger partial charge in [-0.05, 0) is 36.8 Å². The maximum Gasteiger partial charge on any atom is 0.311 e. The number of thiazole rings is 1. The summed E-state index contributed by atoms with van der Waals surface area (Å²) in [5, 5.41) is 7.69. The fraction of sp³-hybridized carbons (Fsp3) is 0.174. The molecule has 8 heteroatoms. The van der Waals surface area contributed by atoms with Crippen LogP contribution in [0.2, 0.25) is 0 Å². The minimum absolute atomic E-state index is 0.149. The summed E-state index contributed by atoms with van der Waals surface area (Å²) in [7, 11) is 0. The summed E-state index contributed by atoms with van der Waals surface area (Å²) in [4.78, 5) is 15.8. The Bertz CT molecular complexity index is 1230. The van der Waals surface area contributed by atoms with E-state index in [2.05, 4.69) is 15.5 Å². The number of fused-ring (bicyclic) bond motifs is 1. The van der Waals surface area contributed by atoms with Crippen LogP contribution >= 0.6 is 11.3 Å². The minimum Gasteiger partial charge on any atom is -0.466 e. The number of esters is 1. The van der Waals surface area contributed by atoms with Crippen molar-refractivity contribution in [1.29, 1.82) is 0 Å². The van der Waals surface area contributed by atoms with E-state index in [1.807, 2.05) is 41.1 Å². The molecule has 6 nitrogen and oxygen atoms in total. The summed E-state index contributed by atoms with van der Waals surface area (Å²) in [6.07, 6.45) is 3.81. The molecule has 0 fully saturated rings. The number of carbonyl (C=O) groups excluding carboxylic acids is 1. The van der Waals surface area contributed by atoms with Crippen LogP contribution in [0.1, 0.15) is 23.7 Å². The van der Waals surface area contributed by atoms with Crippen LogP contribution < -0.4 is 5.43 Å². The molecule has 1 N–H and O–H groups in total. The third-order valence-electron chi connectivity index (χ3n) is 4.65. The van der Waals surface area contributed by atoms with E-state index in [4.69, 9.17) is 4.74 Å². The Morgan fingerprint density at radius 2 is 2.16 bits per heavy atom. The van der Waals surface area contributed by atoms with Gasteiger partial charge < -0.3 is 9.30 Å². The Morgan fingerprint density at radius 1 is 1.29 bits per heavy atom. The highest BCUT2D eigenvalue weighted by atomic mass is 32.1. The Balaban J connectivity index is 1.40. The van der Waals surface area contributed by atoms with Gasteiger partial charge in [-0.1, -0.05) is 24.3 Å². The molecule has 0 bridgehead atoms.